The normalized spacial score (nSPS) is 19.1. The average molecular weight is 293 g/mol. The molecular weight excluding hydrogens is 265 g/mol. The van der Waals surface area contributed by atoms with Crippen molar-refractivity contribution in [1.82, 2.24) is 9.80 Å². The average Bonchev–Trinajstić information content (AvgIpc) is 2.48. The van der Waals surface area contributed by atoms with Crippen LogP contribution in [0.5, 0.6) is 0 Å². The van der Waals surface area contributed by atoms with Crippen molar-refractivity contribution in [2.45, 2.75) is 38.3 Å². The highest BCUT2D eigenvalue weighted by atomic mass is 19.1. The minimum absolute atomic E-state index is 0.0772. The number of hydrogen-bond donors (Lipinski definition) is 1. The first-order chi connectivity index (χ1) is 9.97. The minimum atomic E-state index is -0.158. The highest BCUT2D eigenvalue weighted by Crippen LogP contribution is 2.20. The van der Waals surface area contributed by atoms with Gasteiger partial charge in [-0.1, -0.05) is 12.1 Å². The highest BCUT2D eigenvalue weighted by molar-refractivity contribution is 5.25. The van der Waals surface area contributed by atoms with E-state index in [1.807, 2.05) is 12.1 Å². The molecule has 118 valence electrons. The zero-order valence-electron chi connectivity index (χ0n) is 13.5. The Morgan fingerprint density at radius 1 is 1.33 bits per heavy atom. The predicted octanol–water partition coefficient (Wildman–Crippen LogP) is 2.55. The summed E-state index contributed by atoms with van der Waals surface area (Å²) in [7, 11) is 4.31. The molecule has 3 nitrogen and oxygen atoms in total. The van der Waals surface area contributed by atoms with Gasteiger partial charge >= 0.3 is 0 Å². The first-order valence-electron chi connectivity index (χ1n) is 7.88. The summed E-state index contributed by atoms with van der Waals surface area (Å²) in [6, 6.07) is 5.97. The van der Waals surface area contributed by atoms with Gasteiger partial charge in [-0.15, -0.1) is 0 Å². The van der Waals surface area contributed by atoms with Crippen molar-refractivity contribution in [1.29, 1.82) is 0 Å². The fraction of sp³-hybridized carbons (Fsp3) is 0.647. The molecule has 4 heteroatoms. The third-order valence-electron chi connectivity index (χ3n) is 4.67. The van der Waals surface area contributed by atoms with Crippen molar-refractivity contribution in [2.75, 3.05) is 33.7 Å². The second-order valence-electron chi connectivity index (χ2n) is 6.44. The molecule has 1 aliphatic heterocycles. The molecule has 0 saturated carbocycles. The van der Waals surface area contributed by atoms with Gasteiger partial charge in [0.25, 0.3) is 0 Å². The van der Waals surface area contributed by atoms with Crippen molar-refractivity contribution >= 4 is 0 Å². The van der Waals surface area contributed by atoms with Crippen LogP contribution in [-0.4, -0.2) is 49.6 Å². The second-order valence-corrected chi connectivity index (χ2v) is 6.44. The molecule has 0 aromatic heterocycles. The largest absolute Gasteiger partial charge is 0.324 e. The van der Waals surface area contributed by atoms with Crippen LogP contribution in [0.4, 0.5) is 4.39 Å². The van der Waals surface area contributed by atoms with Gasteiger partial charge < -0.3 is 15.5 Å². The molecule has 1 heterocycles. The van der Waals surface area contributed by atoms with Gasteiger partial charge in [0.2, 0.25) is 0 Å². The van der Waals surface area contributed by atoms with E-state index in [2.05, 4.69) is 23.9 Å². The standard InChI is InChI=1S/C17H28FN3/c1-13-4-5-14(12-16(13)18)17(19)8-11-21-9-6-15(7-10-21)20(2)3/h4-5,12,15,17H,6-11,19H2,1-3H3. The number of halogens is 1. The maximum Gasteiger partial charge on any atom is 0.126 e. The van der Waals surface area contributed by atoms with Crippen LogP contribution in [0.25, 0.3) is 0 Å². The van der Waals surface area contributed by atoms with Crippen LogP contribution in [0.3, 0.4) is 0 Å². The molecule has 0 amide bonds. The maximum absolute atomic E-state index is 13.6. The lowest BCUT2D eigenvalue weighted by Gasteiger charge is -2.35. The molecule has 0 aliphatic carbocycles. The van der Waals surface area contributed by atoms with Gasteiger partial charge in [0.1, 0.15) is 5.82 Å². The van der Waals surface area contributed by atoms with Crippen LogP contribution < -0.4 is 5.73 Å². The summed E-state index contributed by atoms with van der Waals surface area (Å²) in [5, 5.41) is 0. The quantitative estimate of drug-likeness (QED) is 0.905. The summed E-state index contributed by atoms with van der Waals surface area (Å²) in [4.78, 5) is 4.79. The number of hydrogen-bond acceptors (Lipinski definition) is 3. The number of benzene rings is 1. The summed E-state index contributed by atoms with van der Waals surface area (Å²) in [5.74, 6) is -0.158. The molecule has 0 radical (unpaired) electrons. The monoisotopic (exact) mass is 293 g/mol. The summed E-state index contributed by atoms with van der Waals surface area (Å²) < 4.78 is 13.6. The van der Waals surface area contributed by atoms with Crippen LogP contribution in [0.2, 0.25) is 0 Å². The Bertz CT molecular complexity index is 453. The van der Waals surface area contributed by atoms with Gasteiger partial charge in [0.15, 0.2) is 0 Å². The Morgan fingerprint density at radius 2 is 2.00 bits per heavy atom. The van der Waals surface area contributed by atoms with E-state index < -0.39 is 0 Å². The van der Waals surface area contributed by atoms with Crippen molar-refractivity contribution < 1.29 is 4.39 Å². The van der Waals surface area contributed by atoms with E-state index in [1.165, 1.54) is 12.8 Å². The summed E-state index contributed by atoms with van der Waals surface area (Å²) >= 11 is 0. The van der Waals surface area contributed by atoms with Gasteiger partial charge in [-0.3, -0.25) is 0 Å². The Kier molecular flexibility index (Phi) is 5.73. The Morgan fingerprint density at radius 3 is 2.57 bits per heavy atom. The molecule has 1 atom stereocenters. The molecule has 1 aromatic carbocycles. The summed E-state index contributed by atoms with van der Waals surface area (Å²) in [6.45, 7) is 5.05. The molecule has 1 saturated heterocycles. The van der Waals surface area contributed by atoms with Gasteiger partial charge in [0, 0.05) is 12.1 Å². The lowest BCUT2D eigenvalue weighted by Crippen LogP contribution is -2.42. The summed E-state index contributed by atoms with van der Waals surface area (Å²) in [5.41, 5.74) is 7.79. The molecule has 2 rings (SSSR count). The topological polar surface area (TPSA) is 32.5 Å². The fourth-order valence-electron chi connectivity index (χ4n) is 2.99. The number of aryl methyl sites for hydroxylation is 1. The maximum atomic E-state index is 13.6. The SMILES string of the molecule is Cc1ccc(C(N)CCN2CCC(N(C)C)CC2)cc1F. The number of nitrogens with two attached hydrogens (primary N) is 1. The molecule has 0 spiro atoms. The van der Waals surface area contributed by atoms with Gasteiger partial charge in [-0.2, -0.15) is 0 Å². The van der Waals surface area contributed by atoms with E-state index in [0.29, 0.717) is 11.6 Å². The highest BCUT2D eigenvalue weighted by Gasteiger charge is 2.20. The van der Waals surface area contributed by atoms with Crippen LogP contribution in [0.1, 0.15) is 36.4 Å². The molecule has 2 N–H and O–H groups in total. The van der Waals surface area contributed by atoms with E-state index >= 15 is 0 Å². The number of likely N-dealkylation sites (tertiary alicyclic amines) is 1. The van der Waals surface area contributed by atoms with E-state index in [-0.39, 0.29) is 11.9 Å². The van der Waals surface area contributed by atoms with Crippen LogP contribution in [0, 0.1) is 12.7 Å². The third kappa shape index (κ3) is 4.50. The molecular formula is C17H28FN3. The lowest BCUT2D eigenvalue weighted by molar-refractivity contribution is 0.142. The predicted molar refractivity (Wildman–Crippen MR) is 85.8 cm³/mol. The van der Waals surface area contributed by atoms with Crippen LogP contribution in [-0.2, 0) is 0 Å². The summed E-state index contributed by atoms with van der Waals surface area (Å²) in [6.07, 6.45) is 3.33. The molecule has 1 aromatic rings. The Labute approximate surface area is 127 Å². The fourth-order valence-corrected chi connectivity index (χ4v) is 2.99. The first kappa shape index (κ1) is 16.4. The van der Waals surface area contributed by atoms with Gasteiger partial charge in [0.05, 0.1) is 0 Å². The lowest BCUT2D eigenvalue weighted by atomic mass is 10.0. The molecule has 21 heavy (non-hydrogen) atoms. The van der Waals surface area contributed by atoms with E-state index in [9.17, 15) is 4.39 Å². The number of piperidine rings is 1. The van der Waals surface area contributed by atoms with Crippen molar-refractivity contribution in [3.8, 4) is 0 Å². The zero-order chi connectivity index (χ0) is 15.4. The van der Waals surface area contributed by atoms with Crippen molar-refractivity contribution in [3.63, 3.8) is 0 Å². The zero-order valence-corrected chi connectivity index (χ0v) is 13.5. The molecule has 1 aliphatic rings. The third-order valence-corrected chi connectivity index (χ3v) is 4.67. The van der Waals surface area contributed by atoms with Crippen LogP contribution >= 0.6 is 0 Å². The van der Waals surface area contributed by atoms with Crippen molar-refractivity contribution in [3.05, 3.63) is 35.1 Å². The Balaban J connectivity index is 1.79. The van der Waals surface area contributed by atoms with E-state index in [0.717, 1.165) is 31.6 Å². The van der Waals surface area contributed by atoms with Gasteiger partial charge in [-0.25, -0.2) is 4.39 Å². The smallest absolute Gasteiger partial charge is 0.126 e. The van der Waals surface area contributed by atoms with Crippen molar-refractivity contribution in [2.24, 2.45) is 5.73 Å². The van der Waals surface area contributed by atoms with Gasteiger partial charge in [-0.05, 0) is 77.1 Å². The second kappa shape index (κ2) is 7.34. The van der Waals surface area contributed by atoms with E-state index in [4.69, 9.17) is 5.73 Å². The number of rotatable bonds is 5. The molecule has 1 fully saturated rings. The minimum Gasteiger partial charge on any atom is -0.324 e. The molecule has 1 unspecified atom stereocenters. The number of nitrogens with zero attached hydrogens (tertiary/aromatic N) is 2. The van der Waals surface area contributed by atoms with E-state index in [1.54, 1.807) is 13.0 Å². The first-order valence-corrected chi connectivity index (χ1v) is 7.88. The Hall–Kier alpha value is -0.970. The van der Waals surface area contributed by atoms with Crippen LogP contribution in [0.15, 0.2) is 18.2 Å². The molecule has 0 bridgehead atoms.